The Kier molecular flexibility index (Phi) is 3.54. The Hall–Kier alpha value is -1.36. The lowest BCUT2D eigenvalue weighted by atomic mass is 9.85. The molecule has 108 valence electrons. The summed E-state index contributed by atoms with van der Waals surface area (Å²) in [6, 6.07) is 7.88. The molecule has 4 heteroatoms. The summed E-state index contributed by atoms with van der Waals surface area (Å²) in [4.78, 5) is 0. The second-order valence-corrected chi connectivity index (χ2v) is 5.50. The Morgan fingerprint density at radius 3 is 2.70 bits per heavy atom. The highest BCUT2D eigenvalue weighted by Gasteiger charge is 2.41. The number of nitrogens with two attached hydrogens (primary N) is 1. The van der Waals surface area contributed by atoms with Crippen LogP contribution in [-0.2, 0) is 9.47 Å². The van der Waals surface area contributed by atoms with Crippen LogP contribution in [0, 0.1) is 6.92 Å². The van der Waals surface area contributed by atoms with E-state index in [1.807, 2.05) is 31.2 Å². The third kappa shape index (κ3) is 2.14. The van der Waals surface area contributed by atoms with Crippen LogP contribution in [0.3, 0.4) is 0 Å². The summed E-state index contributed by atoms with van der Waals surface area (Å²) in [6.07, 6.45) is 1.58. The van der Waals surface area contributed by atoms with Crippen LogP contribution >= 0.6 is 0 Å². The Morgan fingerprint density at radius 1 is 1.30 bits per heavy atom. The third-order valence-electron chi connectivity index (χ3n) is 4.38. The average molecular weight is 275 g/mol. The lowest BCUT2D eigenvalue weighted by molar-refractivity contribution is -0.107. The number of ether oxygens (including phenoxy) is 2. The molecule has 0 radical (unpaired) electrons. The third-order valence-corrected chi connectivity index (χ3v) is 4.38. The van der Waals surface area contributed by atoms with Crippen LogP contribution < -0.4 is 5.73 Å². The number of hydrogen-bond donors (Lipinski definition) is 1. The molecule has 3 rings (SSSR count). The normalized spacial score (nSPS) is 20.1. The predicted octanol–water partition coefficient (Wildman–Crippen LogP) is 2.94. The molecule has 0 aliphatic carbocycles. The maximum Gasteiger partial charge on any atom is 0.137 e. The maximum absolute atomic E-state index is 6.45. The fourth-order valence-corrected chi connectivity index (χ4v) is 3.00. The minimum absolute atomic E-state index is 0.275. The monoisotopic (exact) mass is 275 g/mol. The van der Waals surface area contributed by atoms with E-state index in [9.17, 15) is 0 Å². The van der Waals surface area contributed by atoms with Gasteiger partial charge >= 0.3 is 0 Å². The average Bonchev–Trinajstić information content (AvgIpc) is 2.92. The molecule has 1 aromatic carbocycles. The van der Waals surface area contributed by atoms with Gasteiger partial charge in [-0.3, -0.25) is 0 Å². The van der Waals surface area contributed by atoms with E-state index in [0.717, 1.165) is 35.1 Å². The highest BCUT2D eigenvalue weighted by atomic mass is 16.5. The first-order valence-corrected chi connectivity index (χ1v) is 7.04. The number of fused-ring (bicyclic) bond motifs is 1. The molecule has 2 N–H and O–H groups in total. The van der Waals surface area contributed by atoms with E-state index in [2.05, 4.69) is 0 Å². The van der Waals surface area contributed by atoms with Crippen molar-refractivity contribution in [2.75, 3.05) is 20.3 Å². The van der Waals surface area contributed by atoms with Gasteiger partial charge in [0, 0.05) is 38.6 Å². The molecule has 1 fully saturated rings. The minimum Gasteiger partial charge on any atom is -0.459 e. The highest BCUT2D eigenvalue weighted by Crippen LogP contribution is 2.38. The van der Waals surface area contributed by atoms with Crippen molar-refractivity contribution in [1.82, 2.24) is 0 Å². The molecule has 2 aromatic rings. The minimum atomic E-state index is -0.389. The molecule has 0 bridgehead atoms. The quantitative estimate of drug-likeness (QED) is 0.935. The first kappa shape index (κ1) is 13.6. The highest BCUT2D eigenvalue weighted by molar-refractivity contribution is 5.81. The predicted molar refractivity (Wildman–Crippen MR) is 77.7 cm³/mol. The van der Waals surface area contributed by atoms with Gasteiger partial charge in [0.1, 0.15) is 11.3 Å². The van der Waals surface area contributed by atoms with Gasteiger partial charge in [0.25, 0.3) is 0 Å². The van der Waals surface area contributed by atoms with E-state index in [1.165, 1.54) is 0 Å². The Bertz CT molecular complexity index is 599. The summed E-state index contributed by atoms with van der Waals surface area (Å²) >= 11 is 0. The molecule has 1 atom stereocenters. The molecule has 1 aliphatic rings. The summed E-state index contributed by atoms with van der Waals surface area (Å²) in [6.45, 7) is 3.41. The lowest BCUT2D eigenvalue weighted by Gasteiger charge is -2.39. The van der Waals surface area contributed by atoms with Crippen molar-refractivity contribution in [3.05, 3.63) is 35.6 Å². The second-order valence-electron chi connectivity index (χ2n) is 5.50. The SMILES string of the molecule is COC1(C(N)c2cc3cccc(C)c3o2)CCOCC1. The van der Waals surface area contributed by atoms with Crippen LogP contribution in [0.2, 0.25) is 0 Å². The van der Waals surface area contributed by atoms with E-state index < -0.39 is 0 Å². The fraction of sp³-hybridized carbons (Fsp3) is 0.500. The van der Waals surface area contributed by atoms with E-state index in [-0.39, 0.29) is 11.6 Å². The van der Waals surface area contributed by atoms with Crippen molar-refractivity contribution in [3.63, 3.8) is 0 Å². The van der Waals surface area contributed by atoms with Crippen LogP contribution in [0.1, 0.15) is 30.2 Å². The number of benzene rings is 1. The molecule has 0 saturated carbocycles. The second kappa shape index (κ2) is 5.20. The molecule has 1 unspecified atom stereocenters. The molecule has 0 amide bonds. The zero-order chi connectivity index (χ0) is 14.2. The molecule has 1 aromatic heterocycles. The molecule has 1 aliphatic heterocycles. The number of hydrogen-bond acceptors (Lipinski definition) is 4. The van der Waals surface area contributed by atoms with Crippen LogP contribution in [0.25, 0.3) is 11.0 Å². The molecular formula is C16H21NO3. The summed E-state index contributed by atoms with van der Waals surface area (Å²) in [5.41, 5.74) is 8.10. The number of aryl methyl sites for hydroxylation is 1. The van der Waals surface area contributed by atoms with Crippen molar-refractivity contribution in [2.45, 2.75) is 31.4 Å². The first-order valence-electron chi connectivity index (χ1n) is 7.04. The molecular weight excluding hydrogens is 254 g/mol. The van der Waals surface area contributed by atoms with Crippen LogP contribution in [0.15, 0.2) is 28.7 Å². The van der Waals surface area contributed by atoms with Crippen molar-refractivity contribution < 1.29 is 13.9 Å². The molecule has 20 heavy (non-hydrogen) atoms. The van der Waals surface area contributed by atoms with Crippen molar-refractivity contribution in [3.8, 4) is 0 Å². The van der Waals surface area contributed by atoms with Gasteiger partial charge in [-0.25, -0.2) is 0 Å². The van der Waals surface area contributed by atoms with E-state index in [1.54, 1.807) is 7.11 Å². The zero-order valence-electron chi connectivity index (χ0n) is 12.0. The maximum atomic E-state index is 6.45. The molecule has 2 heterocycles. The Balaban J connectivity index is 1.98. The fourth-order valence-electron chi connectivity index (χ4n) is 3.00. The van der Waals surface area contributed by atoms with Gasteiger partial charge in [0.05, 0.1) is 11.6 Å². The molecule has 0 spiro atoms. The Morgan fingerprint density at radius 2 is 2.05 bits per heavy atom. The number of methoxy groups -OCH3 is 1. The summed E-state index contributed by atoms with van der Waals surface area (Å²) in [7, 11) is 1.72. The smallest absolute Gasteiger partial charge is 0.137 e. The van der Waals surface area contributed by atoms with E-state index in [0.29, 0.717) is 13.2 Å². The first-order chi connectivity index (χ1) is 9.66. The van der Waals surface area contributed by atoms with Crippen LogP contribution in [0.4, 0.5) is 0 Å². The van der Waals surface area contributed by atoms with E-state index >= 15 is 0 Å². The zero-order valence-corrected chi connectivity index (χ0v) is 12.0. The van der Waals surface area contributed by atoms with Crippen LogP contribution in [-0.4, -0.2) is 25.9 Å². The topological polar surface area (TPSA) is 57.6 Å². The lowest BCUT2D eigenvalue weighted by Crippen LogP contribution is -2.47. The standard InChI is InChI=1S/C16H21NO3/c1-11-4-3-5-12-10-13(20-14(11)12)15(17)16(18-2)6-8-19-9-7-16/h3-5,10,15H,6-9,17H2,1-2H3. The largest absolute Gasteiger partial charge is 0.459 e. The molecule has 1 saturated heterocycles. The van der Waals surface area contributed by atoms with Crippen LogP contribution in [0.5, 0.6) is 0 Å². The van der Waals surface area contributed by atoms with Gasteiger partial charge in [-0.15, -0.1) is 0 Å². The van der Waals surface area contributed by atoms with Gasteiger partial charge in [0.2, 0.25) is 0 Å². The van der Waals surface area contributed by atoms with Crippen molar-refractivity contribution >= 4 is 11.0 Å². The van der Waals surface area contributed by atoms with Gasteiger partial charge in [-0.1, -0.05) is 18.2 Å². The van der Waals surface area contributed by atoms with Gasteiger partial charge < -0.3 is 19.6 Å². The van der Waals surface area contributed by atoms with Gasteiger partial charge in [-0.2, -0.15) is 0 Å². The molecule has 4 nitrogen and oxygen atoms in total. The number of para-hydroxylation sites is 1. The number of furan rings is 1. The van der Waals surface area contributed by atoms with E-state index in [4.69, 9.17) is 19.6 Å². The van der Waals surface area contributed by atoms with Gasteiger partial charge in [0.15, 0.2) is 0 Å². The Labute approximate surface area is 118 Å². The summed E-state index contributed by atoms with van der Waals surface area (Å²) < 4.78 is 17.2. The van der Waals surface area contributed by atoms with Gasteiger partial charge in [-0.05, 0) is 18.6 Å². The summed E-state index contributed by atoms with van der Waals surface area (Å²) in [5, 5.41) is 1.09. The summed E-state index contributed by atoms with van der Waals surface area (Å²) in [5.74, 6) is 0.790. The van der Waals surface area contributed by atoms with Crippen molar-refractivity contribution in [2.24, 2.45) is 5.73 Å². The van der Waals surface area contributed by atoms with Crippen molar-refractivity contribution in [1.29, 1.82) is 0 Å². The number of rotatable bonds is 3.